The first-order valence-electron chi connectivity index (χ1n) is 6.38. The molecule has 0 radical (unpaired) electrons. The largest absolute Gasteiger partial charge is 0.481 e. The topological polar surface area (TPSA) is 49.3 Å². The van der Waals surface area contributed by atoms with E-state index in [-0.39, 0.29) is 0 Å². The highest BCUT2D eigenvalue weighted by atomic mass is 79.9. The SMILES string of the molecule is CC(C(=O)O)c1ccc(CNc2ccccc2Br)cc1. The van der Waals surface area contributed by atoms with Crippen LogP contribution in [0.2, 0.25) is 0 Å². The summed E-state index contributed by atoms with van der Waals surface area (Å²) < 4.78 is 1.02. The number of carboxylic acid groups (broad SMARTS) is 1. The summed E-state index contributed by atoms with van der Waals surface area (Å²) >= 11 is 3.49. The van der Waals surface area contributed by atoms with Crippen LogP contribution in [0.1, 0.15) is 24.0 Å². The van der Waals surface area contributed by atoms with Gasteiger partial charge >= 0.3 is 5.97 Å². The van der Waals surface area contributed by atoms with Crippen LogP contribution in [0.5, 0.6) is 0 Å². The second kappa shape index (κ2) is 6.57. The van der Waals surface area contributed by atoms with Crippen molar-refractivity contribution >= 4 is 27.6 Å². The summed E-state index contributed by atoms with van der Waals surface area (Å²) in [5.41, 5.74) is 2.97. The molecule has 0 aliphatic heterocycles. The van der Waals surface area contributed by atoms with Crippen molar-refractivity contribution < 1.29 is 9.90 Å². The van der Waals surface area contributed by atoms with Crippen molar-refractivity contribution in [3.63, 3.8) is 0 Å². The lowest BCUT2D eigenvalue weighted by molar-refractivity contribution is -0.138. The first-order valence-corrected chi connectivity index (χ1v) is 7.17. The second-order valence-corrected chi connectivity index (χ2v) is 5.49. The van der Waals surface area contributed by atoms with Crippen molar-refractivity contribution in [1.82, 2.24) is 0 Å². The number of halogens is 1. The Morgan fingerprint density at radius 1 is 1.20 bits per heavy atom. The van der Waals surface area contributed by atoms with E-state index in [0.29, 0.717) is 6.54 Å². The minimum atomic E-state index is -0.802. The minimum absolute atomic E-state index is 0.472. The van der Waals surface area contributed by atoms with Crippen molar-refractivity contribution in [2.24, 2.45) is 0 Å². The number of carboxylic acids is 1. The van der Waals surface area contributed by atoms with Crippen LogP contribution >= 0.6 is 15.9 Å². The van der Waals surface area contributed by atoms with Crippen LogP contribution in [0, 0.1) is 0 Å². The van der Waals surface area contributed by atoms with Crippen LogP contribution in [-0.2, 0) is 11.3 Å². The van der Waals surface area contributed by atoms with Gasteiger partial charge in [0.05, 0.1) is 5.92 Å². The van der Waals surface area contributed by atoms with Crippen LogP contribution in [0.15, 0.2) is 53.0 Å². The zero-order valence-corrected chi connectivity index (χ0v) is 12.7. The average Bonchev–Trinajstić information content (AvgIpc) is 2.46. The van der Waals surface area contributed by atoms with Gasteiger partial charge in [-0.25, -0.2) is 0 Å². The molecule has 104 valence electrons. The summed E-state index contributed by atoms with van der Waals surface area (Å²) in [6.45, 7) is 2.39. The highest BCUT2D eigenvalue weighted by molar-refractivity contribution is 9.10. The van der Waals surface area contributed by atoms with Gasteiger partial charge in [-0.1, -0.05) is 36.4 Å². The third-order valence-electron chi connectivity index (χ3n) is 3.21. The molecule has 3 nitrogen and oxygen atoms in total. The van der Waals surface area contributed by atoms with Crippen molar-refractivity contribution in [2.45, 2.75) is 19.4 Å². The van der Waals surface area contributed by atoms with Gasteiger partial charge in [0.2, 0.25) is 0 Å². The summed E-state index contributed by atoms with van der Waals surface area (Å²) in [5, 5.41) is 12.3. The molecule has 0 spiro atoms. The molecule has 0 aromatic heterocycles. The molecule has 0 saturated carbocycles. The quantitative estimate of drug-likeness (QED) is 0.859. The molecular formula is C16H16BrNO2. The Morgan fingerprint density at radius 2 is 1.85 bits per heavy atom. The summed E-state index contributed by atoms with van der Waals surface area (Å²) in [4.78, 5) is 10.9. The third kappa shape index (κ3) is 3.61. The molecule has 2 rings (SSSR count). The molecule has 2 N–H and O–H groups in total. The first-order chi connectivity index (χ1) is 9.58. The Labute approximate surface area is 126 Å². The molecule has 0 saturated heterocycles. The molecular weight excluding hydrogens is 318 g/mol. The first kappa shape index (κ1) is 14.6. The Hall–Kier alpha value is -1.81. The zero-order chi connectivity index (χ0) is 14.5. The van der Waals surface area contributed by atoms with Gasteiger partial charge in [0, 0.05) is 16.7 Å². The normalized spacial score (nSPS) is 11.9. The number of hydrogen-bond donors (Lipinski definition) is 2. The lowest BCUT2D eigenvalue weighted by Crippen LogP contribution is -2.07. The van der Waals surface area contributed by atoms with Crippen LogP contribution < -0.4 is 5.32 Å². The number of anilines is 1. The van der Waals surface area contributed by atoms with Gasteiger partial charge in [0.1, 0.15) is 0 Å². The highest BCUT2D eigenvalue weighted by Crippen LogP contribution is 2.22. The second-order valence-electron chi connectivity index (χ2n) is 4.63. The number of para-hydroxylation sites is 1. The number of carbonyl (C=O) groups is 1. The smallest absolute Gasteiger partial charge is 0.310 e. The van der Waals surface area contributed by atoms with Gasteiger partial charge in [-0.05, 0) is 46.1 Å². The summed E-state index contributed by atoms with van der Waals surface area (Å²) in [7, 11) is 0. The van der Waals surface area contributed by atoms with Crippen LogP contribution in [0.25, 0.3) is 0 Å². The number of benzene rings is 2. The van der Waals surface area contributed by atoms with E-state index in [1.54, 1.807) is 6.92 Å². The van der Waals surface area contributed by atoms with E-state index in [1.807, 2.05) is 48.5 Å². The van der Waals surface area contributed by atoms with Gasteiger partial charge in [-0.2, -0.15) is 0 Å². The van der Waals surface area contributed by atoms with Crippen LogP contribution in [0.4, 0.5) is 5.69 Å². The summed E-state index contributed by atoms with van der Waals surface area (Å²) in [6, 6.07) is 15.6. The molecule has 1 unspecified atom stereocenters. The van der Waals surface area contributed by atoms with Crippen LogP contribution in [0.3, 0.4) is 0 Å². The van der Waals surface area contributed by atoms with Crippen molar-refractivity contribution in [3.05, 3.63) is 64.1 Å². The van der Waals surface area contributed by atoms with E-state index < -0.39 is 11.9 Å². The van der Waals surface area contributed by atoms with Crippen LogP contribution in [-0.4, -0.2) is 11.1 Å². The maximum absolute atomic E-state index is 10.9. The molecule has 0 fully saturated rings. The predicted molar refractivity (Wildman–Crippen MR) is 84.0 cm³/mol. The molecule has 0 bridgehead atoms. The highest BCUT2D eigenvalue weighted by Gasteiger charge is 2.12. The number of rotatable bonds is 5. The summed E-state index contributed by atoms with van der Waals surface area (Å²) in [6.07, 6.45) is 0. The van der Waals surface area contributed by atoms with E-state index in [9.17, 15) is 4.79 Å². The van der Waals surface area contributed by atoms with E-state index in [4.69, 9.17) is 5.11 Å². The number of nitrogens with one attached hydrogen (secondary N) is 1. The van der Waals surface area contributed by atoms with Gasteiger partial charge in [-0.3, -0.25) is 4.79 Å². The lowest BCUT2D eigenvalue weighted by Gasteiger charge is -2.10. The predicted octanol–water partition coefficient (Wildman–Crippen LogP) is 4.25. The van der Waals surface area contributed by atoms with E-state index in [2.05, 4.69) is 21.2 Å². The third-order valence-corrected chi connectivity index (χ3v) is 3.90. The molecule has 1 atom stereocenters. The minimum Gasteiger partial charge on any atom is -0.481 e. The Bertz CT molecular complexity index is 596. The van der Waals surface area contributed by atoms with E-state index in [0.717, 1.165) is 21.3 Å². The standard InChI is InChI=1S/C16H16BrNO2/c1-11(16(19)20)13-8-6-12(7-9-13)10-18-15-5-3-2-4-14(15)17/h2-9,11,18H,10H2,1H3,(H,19,20). The van der Waals surface area contributed by atoms with Crippen molar-refractivity contribution in [3.8, 4) is 0 Å². The van der Waals surface area contributed by atoms with Gasteiger partial charge in [0.15, 0.2) is 0 Å². The molecule has 2 aromatic rings. The Balaban J connectivity index is 2.01. The molecule has 20 heavy (non-hydrogen) atoms. The fraction of sp³-hybridized carbons (Fsp3) is 0.188. The number of hydrogen-bond acceptors (Lipinski definition) is 2. The number of aliphatic carboxylic acids is 1. The monoisotopic (exact) mass is 333 g/mol. The van der Waals surface area contributed by atoms with E-state index >= 15 is 0 Å². The van der Waals surface area contributed by atoms with Crippen molar-refractivity contribution in [1.29, 1.82) is 0 Å². The Morgan fingerprint density at radius 3 is 2.45 bits per heavy atom. The molecule has 0 heterocycles. The fourth-order valence-corrected chi connectivity index (χ4v) is 2.29. The van der Waals surface area contributed by atoms with Crippen molar-refractivity contribution in [2.75, 3.05) is 5.32 Å². The fourth-order valence-electron chi connectivity index (χ4n) is 1.87. The van der Waals surface area contributed by atoms with Gasteiger partial charge in [-0.15, -0.1) is 0 Å². The maximum atomic E-state index is 10.9. The molecule has 4 heteroatoms. The Kier molecular flexibility index (Phi) is 4.79. The van der Waals surface area contributed by atoms with Gasteiger partial charge < -0.3 is 10.4 Å². The van der Waals surface area contributed by atoms with E-state index in [1.165, 1.54) is 0 Å². The zero-order valence-electron chi connectivity index (χ0n) is 11.1. The molecule has 0 amide bonds. The molecule has 2 aromatic carbocycles. The molecule has 0 aliphatic carbocycles. The van der Waals surface area contributed by atoms with Gasteiger partial charge in [0.25, 0.3) is 0 Å². The average molecular weight is 334 g/mol. The molecule has 0 aliphatic rings. The summed E-state index contributed by atoms with van der Waals surface area (Å²) in [5.74, 6) is -1.27. The lowest BCUT2D eigenvalue weighted by atomic mass is 10.00. The maximum Gasteiger partial charge on any atom is 0.310 e.